The Morgan fingerprint density at radius 1 is 1.10 bits per heavy atom. The molecule has 0 fully saturated rings. The van der Waals surface area contributed by atoms with Gasteiger partial charge in [0.1, 0.15) is 0 Å². The molecule has 0 aromatic carbocycles. The van der Waals surface area contributed by atoms with E-state index < -0.39 is 0 Å². The van der Waals surface area contributed by atoms with Crippen LogP contribution in [0.2, 0.25) is 0 Å². The molecule has 2 aromatic rings. The highest BCUT2D eigenvalue weighted by Gasteiger charge is 2.08. The van der Waals surface area contributed by atoms with Crippen molar-refractivity contribution in [2.45, 2.75) is 6.92 Å². The monoisotopic (exact) mass is 272 g/mol. The lowest BCUT2D eigenvalue weighted by atomic mass is 10.1. The number of carbonyl (C=O) groups excluding carboxylic acids is 3. The Balaban J connectivity index is 0.000000612. The summed E-state index contributed by atoms with van der Waals surface area (Å²) in [5.74, 6) is -0.374. The van der Waals surface area contributed by atoms with E-state index in [0.717, 1.165) is 11.3 Å². The van der Waals surface area contributed by atoms with Crippen LogP contribution in [0.5, 0.6) is 0 Å². The fourth-order valence-corrected chi connectivity index (χ4v) is 1.49. The van der Waals surface area contributed by atoms with Gasteiger partial charge in [0.25, 0.3) is 0 Å². The minimum absolute atomic E-state index is 0.250. The third kappa shape index (κ3) is 4.12. The first-order chi connectivity index (χ1) is 9.62. The Kier molecular flexibility index (Phi) is 5.75. The molecule has 0 saturated heterocycles. The molecule has 20 heavy (non-hydrogen) atoms. The van der Waals surface area contributed by atoms with E-state index in [2.05, 4.69) is 14.7 Å². The van der Waals surface area contributed by atoms with Crippen molar-refractivity contribution in [2.24, 2.45) is 0 Å². The summed E-state index contributed by atoms with van der Waals surface area (Å²) < 4.78 is 4.66. The van der Waals surface area contributed by atoms with E-state index in [0.29, 0.717) is 11.3 Å². The predicted octanol–water partition coefficient (Wildman–Crippen LogP) is 1.66. The summed E-state index contributed by atoms with van der Waals surface area (Å²) >= 11 is 0. The average molecular weight is 272 g/mol. The van der Waals surface area contributed by atoms with Gasteiger partial charge >= 0.3 is 12.1 Å². The number of esters is 1. The maximum absolute atomic E-state index is 11.4. The van der Waals surface area contributed by atoms with Crippen molar-refractivity contribution in [1.82, 2.24) is 9.97 Å². The predicted molar refractivity (Wildman–Crippen MR) is 68.6 cm³/mol. The van der Waals surface area contributed by atoms with Gasteiger partial charge in [-0.05, 0) is 36.8 Å². The highest BCUT2D eigenvalue weighted by atomic mass is 16.5. The largest absolute Gasteiger partial charge is 0.465 e. The number of nitrogens with zero attached hydrogens (tertiary/aromatic N) is 2. The standard InChI is InChI=1S/C13H12N2O2.CO2/c1-9-3-5-14-11(7-9)12-8-10(4-6-15-12)13(16)17-2;2-1-3/h3-8H,1-2H3;. The van der Waals surface area contributed by atoms with Gasteiger partial charge in [-0.25, -0.2) is 4.79 Å². The number of hydrogen-bond acceptors (Lipinski definition) is 6. The van der Waals surface area contributed by atoms with Gasteiger partial charge in [-0.2, -0.15) is 9.59 Å². The van der Waals surface area contributed by atoms with Gasteiger partial charge in [-0.1, -0.05) is 0 Å². The molecule has 0 spiro atoms. The number of aromatic nitrogens is 2. The molecule has 0 saturated carbocycles. The van der Waals surface area contributed by atoms with Crippen LogP contribution in [-0.4, -0.2) is 29.2 Å². The quantitative estimate of drug-likeness (QED) is 0.773. The van der Waals surface area contributed by atoms with Crippen molar-refractivity contribution in [1.29, 1.82) is 0 Å². The second-order valence-electron chi connectivity index (χ2n) is 3.72. The number of hydrogen-bond donors (Lipinski definition) is 0. The highest BCUT2D eigenvalue weighted by Crippen LogP contribution is 2.16. The van der Waals surface area contributed by atoms with Crippen molar-refractivity contribution >= 4 is 12.1 Å². The van der Waals surface area contributed by atoms with Gasteiger partial charge in [-0.15, -0.1) is 0 Å². The number of methoxy groups -OCH3 is 1. The molecular formula is C14H12N2O4. The molecular weight excluding hydrogens is 260 g/mol. The molecule has 0 radical (unpaired) electrons. The summed E-state index contributed by atoms with van der Waals surface area (Å²) in [5.41, 5.74) is 2.98. The van der Waals surface area contributed by atoms with Crippen LogP contribution in [0.1, 0.15) is 15.9 Å². The molecule has 0 aliphatic rings. The van der Waals surface area contributed by atoms with Gasteiger partial charge < -0.3 is 4.74 Å². The van der Waals surface area contributed by atoms with E-state index in [9.17, 15) is 4.79 Å². The van der Waals surface area contributed by atoms with E-state index in [1.807, 2.05) is 19.1 Å². The first kappa shape index (κ1) is 15.2. The molecule has 6 nitrogen and oxygen atoms in total. The summed E-state index contributed by atoms with van der Waals surface area (Å²) in [6.07, 6.45) is 3.54. The Labute approximate surface area is 115 Å². The van der Waals surface area contributed by atoms with Crippen molar-refractivity contribution < 1.29 is 19.1 Å². The van der Waals surface area contributed by atoms with Crippen molar-refractivity contribution in [3.8, 4) is 11.4 Å². The van der Waals surface area contributed by atoms with Gasteiger partial charge in [0, 0.05) is 12.4 Å². The molecule has 0 amide bonds. The second kappa shape index (κ2) is 7.56. The molecule has 2 heterocycles. The van der Waals surface area contributed by atoms with Crippen molar-refractivity contribution in [3.05, 3.63) is 47.8 Å². The van der Waals surface area contributed by atoms with Gasteiger partial charge in [0.15, 0.2) is 0 Å². The van der Waals surface area contributed by atoms with Crippen LogP contribution >= 0.6 is 0 Å². The lowest BCUT2D eigenvalue weighted by Crippen LogP contribution is -2.02. The topological polar surface area (TPSA) is 86.2 Å². The van der Waals surface area contributed by atoms with Crippen LogP contribution < -0.4 is 0 Å². The van der Waals surface area contributed by atoms with Crippen molar-refractivity contribution in [3.63, 3.8) is 0 Å². The highest BCUT2D eigenvalue weighted by molar-refractivity contribution is 5.90. The smallest absolute Gasteiger partial charge is 0.373 e. The Bertz CT molecular complexity index is 635. The van der Waals surface area contributed by atoms with Gasteiger partial charge in [0.05, 0.1) is 24.1 Å². The molecule has 102 valence electrons. The van der Waals surface area contributed by atoms with Crippen LogP contribution in [0.25, 0.3) is 11.4 Å². The molecule has 0 atom stereocenters. The third-order valence-electron chi connectivity index (χ3n) is 2.36. The molecule has 0 N–H and O–H groups in total. The van der Waals surface area contributed by atoms with Crippen LogP contribution in [-0.2, 0) is 14.3 Å². The second-order valence-corrected chi connectivity index (χ2v) is 3.72. The van der Waals surface area contributed by atoms with E-state index in [1.165, 1.54) is 7.11 Å². The SMILES string of the molecule is COC(=O)c1ccnc(-c2cc(C)ccn2)c1.O=C=O. The zero-order valence-corrected chi connectivity index (χ0v) is 11.0. The molecule has 0 aliphatic heterocycles. The number of aryl methyl sites for hydroxylation is 1. The van der Waals surface area contributed by atoms with Crippen LogP contribution in [0.15, 0.2) is 36.7 Å². The third-order valence-corrected chi connectivity index (χ3v) is 2.36. The minimum atomic E-state index is -0.374. The number of rotatable bonds is 2. The molecule has 0 bridgehead atoms. The zero-order chi connectivity index (χ0) is 15.0. The average Bonchev–Trinajstić information content (AvgIpc) is 2.47. The Hall–Kier alpha value is -2.85. The molecule has 6 heteroatoms. The van der Waals surface area contributed by atoms with E-state index >= 15 is 0 Å². The fraction of sp³-hybridized carbons (Fsp3) is 0.143. The van der Waals surface area contributed by atoms with Crippen LogP contribution in [0.4, 0.5) is 0 Å². The number of carbonyl (C=O) groups is 1. The summed E-state index contributed by atoms with van der Waals surface area (Å²) in [6.45, 7) is 1.98. The normalized spacial score (nSPS) is 8.90. The zero-order valence-electron chi connectivity index (χ0n) is 11.0. The number of ether oxygens (including phenoxy) is 1. The summed E-state index contributed by atoms with van der Waals surface area (Å²) in [5, 5.41) is 0. The van der Waals surface area contributed by atoms with Gasteiger partial charge in [0.2, 0.25) is 0 Å². The lowest BCUT2D eigenvalue weighted by Gasteiger charge is -2.03. The maximum Gasteiger partial charge on any atom is 0.373 e. The summed E-state index contributed by atoms with van der Waals surface area (Å²) in [4.78, 5) is 36.1. The minimum Gasteiger partial charge on any atom is -0.465 e. The lowest BCUT2D eigenvalue weighted by molar-refractivity contribution is -0.191. The van der Waals surface area contributed by atoms with Gasteiger partial charge in [-0.3, -0.25) is 9.97 Å². The summed E-state index contributed by atoms with van der Waals surface area (Å²) in [7, 11) is 1.35. The maximum atomic E-state index is 11.4. The van der Waals surface area contributed by atoms with E-state index in [1.54, 1.807) is 24.5 Å². The molecule has 2 aromatic heterocycles. The van der Waals surface area contributed by atoms with Crippen LogP contribution in [0, 0.1) is 6.92 Å². The van der Waals surface area contributed by atoms with Crippen molar-refractivity contribution in [2.75, 3.05) is 7.11 Å². The van der Waals surface area contributed by atoms with Crippen LogP contribution in [0.3, 0.4) is 0 Å². The summed E-state index contributed by atoms with van der Waals surface area (Å²) in [6, 6.07) is 7.12. The Morgan fingerprint density at radius 2 is 1.65 bits per heavy atom. The molecule has 2 rings (SSSR count). The first-order valence-electron chi connectivity index (χ1n) is 5.59. The molecule has 0 aliphatic carbocycles. The van der Waals surface area contributed by atoms with E-state index in [-0.39, 0.29) is 12.1 Å². The van der Waals surface area contributed by atoms with E-state index in [4.69, 9.17) is 9.59 Å². The molecule has 0 unspecified atom stereocenters. The fourth-order valence-electron chi connectivity index (χ4n) is 1.49. The Morgan fingerprint density at radius 3 is 2.20 bits per heavy atom. The first-order valence-corrected chi connectivity index (χ1v) is 5.59. The number of pyridine rings is 2.